The molecular formula is C18H17ClN2O5S. The van der Waals surface area contributed by atoms with Crippen molar-refractivity contribution in [3.05, 3.63) is 71.8 Å². The van der Waals surface area contributed by atoms with E-state index >= 15 is 0 Å². The number of nitrogens with one attached hydrogen (secondary N) is 1. The van der Waals surface area contributed by atoms with Gasteiger partial charge in [-0.15, -0.1) is 6.58 Å². The van der Waals surface area contributed by atoms with Gasteiger partial charge in [-0.3, -0.25) is 13.9 Å². The monoisotopic (exact) mass is 408 g/mol. The number of carboxylic acid groups (broad SMARTS) is 1. The first-order valence-corrected chi connectivity index (χ1v) is 9.58. The second-order valence-electron chi connectivity index (χ2n) is 5.35. The van der Waals surface area contributed by atoms with E-state index in [-0.39, 0.29) is 27.7 Å². The van der Waals surface area contributed by atoms with E-state index in [2.05, 4.69) is 11.9 Å². The predicted octanol–water partition coefficient (Wildman–Crippen LogP) is 2.54. The second-order valence-corrected chi connectivity index (χ2v) is 7.59. The van der Waals surface area contributed by atoms with Crippen molar-refractivity contribution in [2.24, 2.45) is 0 Å². The Morgan fingerprint density at radius 2 is 1.78 bits per heavy atom. The number of hydrogen-bond acceptors (Lipinski definition) is 4. The van der Waals surface area contributed by atoms with Gasteiger partial charge < -0.3 is 10.4 Å². The summed E-state index contributed by atoms with van der Waals surface area (Å²) in [6, 6.07) is 11.9. The lowest BCUT2D eigenvalue weighted by Gasteiger charge is -2.25. The van der Waals surface area contributed by atoms with Crippen LogP contribution in [0.15, 0.2) is 66.1 Å². The lowest BCUT2D eigenvalue weighted by molar-refractivity contribution is -0.135. The van der Waals surface area contributed by atoms with Crippen LogP contribution in [0.4, 0.5) is 5.69 Å². The number of para-hydroxylation sites is 1. The molecule has 1 amide bonds. The number of benzene rings is 2. The SMILES string of the molecule is C=CCN(c1ccccc1C(=O)NCC(=O)O)S(=O)(=O)c1ccccc1Cl. The maximum Gasteiger partial charge on any atom is 0.322 e. The first-order chi connectivity index (χ1) is 12.8. The number of amides is 1. The van der Waals surface area contributed by atoms with Crippen LogP contribution in [0.25, 0.3) is 0 Å². The lowest BCUT2D eigenvalue weighted by atomic mass is 10.1. The molecule has 0 heterocycles. The molecular weight excluding hydrogens is 392 g/mol. The van der Waals surface area contributed by atoms with Crippen LogP contribution >= 0.6 is 11.6 Å². The summed E-state index contributed by atoms with van der Waals surface area (Å²) in [7, 11) is -4.10. The number of carbonyl (C=O) groups is 2. The number of rotatable bonds is 8. The highest BCUT2D eigenvalue weighted by molar-refractivity contribution is 7.93. The number of anilines is 1. The van der Waals surface area contributed by atoms with Crippen LogP contribution < -0.4 is 9.62 Å². The Kier molecular flexibility index (Phi) is 6.59. The fourth-order valence-corrected chi connectivity index (χ4v) is 4.30. The molecule has 9 heteroatoms. The molecule has 0 aliphatic carbocycles. The van der Waals surface area contributed by atoms with Crippen molar-refractivity contribution >= 4 is 39.2 Å². The smallest absolute Gasteiger partial charge is 0.322 e. The van der Waals surface area contributed by atoms with Gasteiger partial charge in [0, 0.05) is 0 Å². The maximum absolute atomic E-state index is 13.2. The number of carbonyl (C=O) groups excluding carboxylic acids is 1. The topological polar surface area (TPSA) is 104 Å². The van der Waals surface area contributed by atoms with Crippen molar-refractivity contribution < 1.29 is 23.1 Å². The van der Waals surface area contributed by atoms with Crippen LogP contribution in [-0.2, 0) is 14.8 Å². The van der Waals surface area contributed by atoms with Crippen molar-refractivity contribution in [2.45, 2.75) is 4.90 Å². The summed E-state index contributed by atoms with van der Waals surface area (Å²) in [4.78, 5) is 22.9. The average molecular weight is 409 g/mol. The minimum absolute atomic E-state index is 0.0104. The number of sulfonamides is 1. The highest BCUT2D eigenvalue weighted by atomic mass is 35.5. The van der Waals surface area contributed by atoms with Gasteiger partial charge in [-0.1, -0.05) is 41.9 Å². The summed E-state index contributed by atoms with van der Waals surface area (Å²) in [6.45, 7) is 2.87. The molecule has 0 unspecified atom stereocenters. The molecule has 0 aliphatic heterocycles. The molecule has 0 saturated heterocycles. The molecule has 27 heavy (non-hydrogen) atoms. The fraction of sp³-hybridized carbons (Fsp3) is 0.111. The lowest BCUT2D eigenvalue weighted by Crippen LogP contribution is -2.35. The summed E-state index contributed by atoms with van der Waals surface area (Å²) in [6.07, 6.45) is 1.38. The largest absolute Gasteiger partial charge is 0.480 e. The third-order valence-electron chi connectivity index (χ3n) is 3.52. The van der Waals surface area contributed by atoms with Crippen molar-refractivity contribution in [1.29, 1.82) is 0 Å². The highest BCUT2D eigenvalue weighted by Crippen LogP contribution is 2.30. The highest BCUT2D eigenvalue weighted by Gasteiger charge is 2.29. The number of hydrogen-bond donors (Lipinski definition) is 2. The first kappa shape index (κ1) is 20.5. The molecule has 0 bridgehead atoms. The zero-order chi connectivity index (χ0) is 20.0. The molecule has 0 atom stereocenters. The Bertz CT molecular complexity index is 975. The Morgan fingerprint density at radius 3 is 2.41 bits per heavy atom. The van der Waals surface area contributed by atoms with E-state index in [1.54, 1.807) is 18.2 Å². The van der Waals surface area contributed by atoms with Gasteiger partial charge in [0.2, 0.25) is 0 Å². The Hall–Kier alpha value is -2.84. The molecule has 2 aromatic rings. The van der Waals surface area contributed by atoms with Crippen molar-refractivity contribution in [3.63, 3.8) is 0 Å². The maximum atomic E-state index is 13.2. The normalized spacial score (nSPS) is 10.9. The minimum atomic E-state index is -4.10. The molecule has 0 aromatic heterocycles. The van der Waals surface area contributed by atoms with Crippen LogP contribution in [0.3, 0.4) is 0 Å². The van der Waals surface area contributed by atoms with E-state index in [4.69, 9.17) is 16.7 Å². The van der Waals surface area contributed by atoms with E-state index in [1.165, 1.54) is 36.4 Å². The van der Waals surface area contributed by atoms with Crippen LogP contribution in [0.1, 0.15) is 10.4 Å². The van der Waals surface area contributed by atoms with Gasteiger partial charge in [-0.25, -0.2) is 8.42 Å². The van der Waals surface area contributed by atoms with Gasteiger partial charge in [-0.05, 0) is 24.3 Å². The van der Waals surface area contributed by atoms with Crippen molar-refractivity contribution in [3.8, 4) is 0 Å². The standard InChI is InChI=1S/C18H17ClN2O5S/c1-2-11-21(27(25,26)16-10-6-4-8-14(16)19)15-9-5-3-7-13(15)18(24)20-12-17(22)23/h2-10H,1,11-12H2,(H,20,24)(H,22,23). The molecule has 2 rings (SSSR count). The molecule has 0 spiro atoms. The zero-order valence-corrected chi connectivity index (χ0v) is 15.7. The molecule has 0 aliphatic rings. The van der Waals surface area contributed by atoms with E-state index < -0.39 is 28.4 Å². The van der Waals surface area contributed by atoms with Gasteiger partial charge in [0.05, 0.1) is 22.8 Å². The molecule has 2 aromatic carbocycles. The summed E-state index contributed by atoms with van der Waals surface area (Å²) in [5, 5.41) is 11.0. The summed E-state index contributed by atoms with van der Waals surface area (Å²) in [5.41, 5.74) is 0.0939. The van der Waals surface area contributed by atoms with Gasteiger partial charge in [0.25, 0.3) is 15.9 Å². The second kappa shape index (κ2) is 8.70. The van der Waals surface area contributed by atoms with Gasteiger partial charge in [0.1, 0.15) is 11.4 Å². The summed E-state index contributed by atoms with van der Waals surface area (Å²) < 4.78 is 27.3. The number of carboxylic acids is 1. The Morgan fingerprint density at radius 1 is 1.15 bits per heavy atom. The van der Waals surface area contributed by atoms with Gasteiger partial charge in [0.15, 0.2) is 0 Å². The molecule has 2 N–H and O–H groups in total. The molecule has 7 nitrogen and oxygen atoms in total. The van der Waals surface area contributed by atoms with Gasteiger partial charge in [-0.2, -0.15) is 0 Å². The summed E-state index contributed by atoms with van der Waals surface area (Å²) >= 11 is 6.05. The summed E-state index contributed by atoms with van der Waals surface area (Å²) in [5.74, 6) is -1.93. The minimum Gasteiger partial charge on any atom is -0.480 e. The van der Waals surface area contributed by atoms with Crippen LogP contribution in [0.2, 0.25) is 5.02 Å². The van der Waals surface area contributed by atoms with Crippen LogP contribution in [0, 0.1) is 0 Å². The first-order valence-electron chi connectivity index (χ1n) is 7.76. The van der Waals surface area contributed by atoms with Crippen molar-refractivity contribution in [2.75, 3.05) is 17.4 Å². The molecule has 0 fully saturated rings. The fourth-order valence-electron chi connectivity index (χ4n) is 2.35. The third kappa shape index (κ3) is 4.66. The number of nitrogens with zero attached hydrogens (tertiary/aromatic N) is 1. The van der Waals surface area contributed by atoms with E-state index in [9.17, 15) is 18.0 Å². The zero-order valence-electron chi connectivity index (χ0n) is 14.1. The van der Waals surface area contributed by atoms with Crippen molar-refractivity contribution in [1.82, 2.24) is 5.32 Å². The molecule has 142 valence electrons. The third-order valence-corrected chi connectivity index (χ3v) is 5.80. The predicted molar refractivity (Wildman–Crippen MR) is 103 cm³/mol. The van der Waals surface area contributed by atoms with Crippen LogP contribution in [0.5, 0.6) is 0 Å². The average Bonchev–Trinajstić information content (AvgIpc) is 2.64. The molecule has 0 saturated carbocycles. The van der Waals surface area contributed by atoms with Crippen LogP contribution in [-0.4, -0.2) is 38.5 Å². The van der Waals surface area contributed by atoms with E-state index in [0.717, 1.165) is 4.31 Å². The Balaban J connectivity index is 2.55. The number of aliphatic carboxylic acids is 1. The van der Waals surface area contributed by atoms with E-state index in [1.807, 2.05) is 0 Å². The Labute approximate surface area is 161 Å². The molecule has 0 radical (unpaired) electrons. The van der Waals surface area contributed by atoms with E-state index in [0.29, 0.717) is 0 Å². The quantitative estimate of drug-likeness (QED) is 0.653. The number of halogens is 1. The van der Waals surface area contributed by atoms with Gasteiger partial charge >= 0.3 is 5.97 Å².